The summed E-state index contributed by atoms with van der Waals surface area (Å²) in [7, 11) is 1.41. The van der Waals surface area contributed by atoms with Crippen molar-refractivity contribution in [2.45, 2.75) is 32.2 Å². The number of nitrogens with zero attached hydrogens (tertiary/aromatic N) is 1. The quantitative estimate of drug-likeness (QED) is 0.579. The summed E-state index contributed by atoms with van der Waals surface area (Å²) in [5.74, 6) is -0.187. The molecule has 92 valence electrons. The number of hydrogen-bond donors (Lipinski definition) is 0. The highest BCUT2D eigenvalue weighted by Crippen LogP contribution is 2.17. The summed E-state index contributed by atoms with van der Waals surface area (Å²) in [6, 6.07) is 9.92. The van der Waals surface area contributed by atoms with E-state index in [9.17, 15) is 4.79 Å². The predicted octanol–water partition coefficient (Wildman–Crippen LogP) is 2.84. The first-order valence-corrected chi connectivity index (χ1v) is 5.70. The molecule has 0 unspecified atom stereocenters. The minimum atomic E-state index is -0.246. The van der Waals surface area contributed by atoms with Crippen LogP contribution in [0.3, 0.4) is 0 Å². The number of ether oxygens (including phenoxy) is 1. The van der Waals surface area contributed by atoms with Gasteiger partial charge in [0.05, 0.1) is 12.6 Å². The molecule has 3 nitrogen and oxygen atoms in total. The molecule has 0 aliphatic heterocycles. The Hall–Kier alpha value is -1.64. The largest absolute Gasteiger partial charge is 0.469 e. The van der Waals surface area contributed by atoms with Gasteiger partial charge in [-0.2, -0.15) is 0 Å². The maximum atomic E-state index is 11.1. The Kier molecular flexibility index (Phi) is 4.88. The number of esters is 1. The number of aliphatic imine (C=N–C) groups is 1. The number of rotatable bonds is 5. The second kappa shape index (κ2) is 6.18. The molecule has 0 saturated carbocycles. The number of carbonyl (C=O) groups is 1. The van der Waals surface area contributed by atoms with Crippen molar-refractivity contribution in [3.05, 3.63) is 35.9 Å². The van der Waals surface area contributed by atoms with Gasteiger partial charge in [0.2, 0.25) is 0 Å². The Morgan fingerprint density at radius 3 is 2.59 bits per heavy atom. The molecule has 0 atom stereocenters. The second-order valence-corrected chi connectivity index (χ2v) is 4.56. The molecule has 0 aromatic heterocycles. The summed E-state index contributed by atoms with van der Waals surface area (Å²) < 4.78 is 4.62. The molecule has 0 bridgehead atoms. The van der Waals surface area contributed by atoms with Crippen LogP contribution < -0.4 is 0 Å². The van der Waals surface area contributed by atoms with Gasteiger partial charge in [-0.3, -0.25) is 9.79 Å². The first kappa shape index (κ1) is 13.4. The number of benzene rings is 1. The van der Waals surface area contributed by atoms with Crippen LogP contribution in [-0.4, -0.2) is 24.8 Å². The molecule has 0 spiro atoms. The smallest absolute Gasteiger partial charge is 0.305 e. The lowest BCUT2D eigenvalue weighted by Crippen LogP contribution is -2.19. The van der Waals surface area contributed by atoms with Crippen LogP contribution in [-0.2, 0) is 9.53 Å². The standard InChI is InChI=1S/C14H19NO2/c1-14(2,10-9-13(16)17-3)15-11-12-7-5-4-6-8-12/h4-8,11H,9-10H2,1-3H3. The fourth-order valence-corrected chi connectivity index (χ4v) is 1.36. The highest BCUT2D eigenvalue weighted by molar-refractivity contribution is 5.79. The van der Waals surface area contributed by atoms with Gasteiger partial charge in [-0.15, -0.1) is 0 Å². The van der Waals surface area contributed by atoms with Crippen molar-refractivity contribution in [1.82, 2.24) is 0 Å². The molecule has 1 rings (SSSR count). The predicted molar refractivity (Wildman–Crippen MR) is 69.4 cm³/mol. The fraction of sp³-hybridized carbons (Fsp3) is 0.429. The first-order chi connectivity index (χ1) is 8.03. The van der Waals surface area contributed by atoms with E-state index in [1.807, 2.05) is 50.4 Å². The highest BCUT2D eigenvalue weighted by Gasteiger charge is 2.17. The molecule has 0 fully saturated rings. The maximum absolute atomic E-state index is 11.1. The van der Waals surface area contributed by atoms with Crippen LogP contribution in [0.25, 0.3) is 0 Å². The second-order valence-electron chi connectivity index (χ2n) is 4.56. The monoisotopic (exact) mass is 233 g/mol. The van der Waals surface area contributed by atoms with Gasteiger partial charge in [0, 0.05) is 12.6 Å². The summed E-state index contributed by atoms with van der Waals surface area (Å²) >= 11 is 0. The van der Waals surface area contributed by atoms with E-state index >= 15 is 0 Å². The van der Waals surface area contributed by atoms with Crippen LogP contribution >= 0.6 is 0 Å². The van der Waals surface area contributed by atoms with Crippen LogP contribution in [0.15, 0.2) is 35.3 Å². The van der Waals surface area contributed by atoms with Gasteiger partial charge in [-0.05, 0) is 25.8 Å². The third kappa shape index (κ3) is 5.29. The van der Waals surface area contributed by atoms with E-state index in [1.54, 1.807) is 0 Å². The van der Waals surface area contributed by atoms with E-state index in [0.717, 1.165) is 5.56 Å². The Labute approximate surface area is 103 Å². The molecule has 0 aliphatic rings. The molecule has 0 heterocycles. The molecule has 3 heteroatoms. The minimum Gasteiger partial charge on any atom is -0.469 e. The highest BCUT2D eigenvalue weighted by atomic mass is 16.5. The van der Waals surface area contributed by atoms with Gasteiger partial charge in [0.25, 0.3) is 0 Å². The summed E-state index contributed by atoms with van der Waals surface area (Å²) in [4.78, 5) is 15.6. The van der Waals surface area contributed by atoms with Crippen LogP contribution in [0.5, 0.6) is 0 Å². The Morgan fingerprint density at radius 1 is 1.35 bits per heavy atom. The number of carbonyl (C=O) groups excluding carboxylic acids is 1. The first-order valence-electron chi connectivity index (χ1n) is 5.70. The molecule has 0 saturated heterocycles. The third-order valence-corrected chi connectivity index (χ3v) is 2.53. The van der Waals surface area contributed by atoms with Crippen molar-refractivity contribution in [2.75, 3.05) is 7.11 Å². The normalized spacial score (nSPS) is 11.7. The van der Waals surface area contributed by atoms with Crippen LogP contribution in [0, 0.1) is 0 Å². The molecule has 1 aromatic carbocycles. The van der Waals surface area contributed by atoms with E-state index < -0.39 is 0 Å². The van der Waals surface area contributed by atoms with Gasteiger partial charge in [0.1, 0.15) is 0 Å². The molecule has 1 aromatic rings. The van der Waals surface area contributed by atoms with E-state index in [-0.39, 0.29) is 11.5 Å². The Balaban J connectivity index is 2.54. The molecule has 17 heavy (non-hydrogen) atoms. The van der Waals surface area contributed by atoms with Crippen molar-refractivity contribution in [3.63, 3.8) is 0 Å². The van der Waals surface area contributed by atoms with Crippen molar-refractivity contribution in [1.29, 1.82) is 0 Å². The van der Waals surface area contributed by atoms with Gasteiger partial charge in [-0.1, -0.05) is 30.3 Å². The van der Waals surface area contributed by atoms with Crippen molar-refractivity contribution in [3.8, 4) is 0 Å². The minimum absolute atomic E-state index is 0.187. The van der Waals surface area contributed by atoms with Crippen molar-refractivity contribution < 1.29 is 9.53 Å². The summed E-state index contributed by atoms with van der Waals surface area (Å²) in [6.45, 7) is 4.02. The fourth-order valence-electron chi connectivity index (χ4n) is 1.36. The van der Waals surface area contributed by atoms with Crippen LogP contribution in [0.4, 0.5) is 0 Å². The van der Waals surface area contributed by atoms with Gasteiger partial charge in [0.15, 0.2) is 0 Å². The zero-order valence-corrected chi connectivity index (χ0v) is 10.6. The van der Waals surface area contributed by atoms with Gasteiger partial charge < -0.3 is 4.74 Å². The molecule has 0 amide bonds. The van der Waals surface area contributed by atoms with Gasteiger partial charge >= 0.3 is 5.97 Å². The molecule has 0 aliphatic carbocycles. The number of methoxy groups -OCH3 is 1. The zero-order chi connectivity index (χ0) is 12.7. The maximum Gasteiger partial charge on any atom is 0.305 e. The van der Waals surface area contributed by atoms with Crippen LogP contribution in [0.1, 0.15) is 32.3 Å². The molecule has 0 N–H and O–H groups in total. The summed E-state index contributed by atoms with van der Waals surface area (Å²) in [6.07, 6.45) is 2.93. The van der Waals surface area contributed by atoms with E-state index in [1.165, 1.54) is 7.11 Å². The Morgan fingerprint density at radius 2 is 2.00 bits per heavy atom. The topological polar surface area (TPSA) is 38.7 Å². The molecular formula is C14H19NO2. The van der Waals surface area contributed by atoms with Crippen LogP contribution in [0.2, 0.25) is 0 Å². The van der Waals surface area contributed by atoms with E-state index in [4.69, 9.17) is 0 Å². The lowest BCUT2D eigenvalue weighted by molar-refractivity contribution is -0.140. The number of hydrogen-bond acceptors (Lipinski definition) is 3. The lowest BCUT2D eigenvalue weighted by atomic mass is 9.99. The Bertz CT molecular complexity index is 382. The summed E-state index contributed by atoms with van der Waals surface area (Å²) in [5, 5.41) is 0. The molecule has 0 radical (unpaired) electrons. The average Bonchev–Trinajstić information content (AvgIpc) is 2.35. The van der Waals surface area contributed by atoms with E-state index in [2.05, 4.69) is 9.73 Å². The lowest BCUT2D eigenvalue weighted by Gasteiger charge is -2.18. The van der Waals surface area contributed by atoms with Gasteiger partial charge in [-0.25, -0.2) is 0 Å². The third-order valence-electron chi connectivity index (χ3n) is 2.53. The van der Waals surface area contributed by atoms with E-state index in [0.29, 0.717) is 12.8 Å². The molecular weight excluding hydrogens is 214 g/mol. The summed E-state index contributed by atoms with van der Waals surface area (Å²) in [5.41, 5.74) is 0.822. The van der Waals surface area contributed by atoms with Crippen molar-refractivity contribution >= 4 is 12.2 Å². The van der Waals surface area contributed by atoms with Crippen molar-refractivity contribution in [2.24, 2.45) is 4.99 Å². The zero-order valence-electron chi connectivity index (χ0n) is 10.6. The average molecular weight is 233 g/mol. The SMILES string of the molecule is COC(=O)CCC(C)(C)N=Cc1ccccc1.